The minimum atomic E-state index is -0.800. The highest BCUT2D eigenvalue weighted by Crippen LogP contribution is 2.24. The molecule has 0 aromatic heterocycles. The highest BCUT2D eigenvalue weighted by molar-refractivity contribution is 6.41. The molecule has 1 saturated heterocycles. The molecule has 0 aliphatic carbocycles. The summed E-state index contributed by atoms with van der Waals surface area (Å²) in [5, 5.41) is 0. The van der Waals surface area contributed by atoms with Gasteiger partial charge in [-0.3, -0.25) is 4.79 Å². The van der Waals surface area contributed by atoms with Crippen molar-refractivity contribution in [2.45, 2.75) is 13.8 Å². The van der Waals surface area contributed by atoms with Crippen LogP contribution in [0.5, 0.6) is 0 Å². The molecule has 0 N–H and O–H groups in total. The second kappa shape index (κ2) is 6.52. The largest absolute Gasteiger partial charge is 0.460 e. The van der Waals surface area contributed by atoms with Crippen molar-refractivity contribution in [2.75, 3.05) is 37.8 Å². The van der Waals surface area contributed by atoms with Crippen molar-refractivity contribution in [1.29, 1.82) is 0 Å². The summed E-state index contributed by atoms with van der Waals surface area (Å²) in [5.74, 6) is -1.39. The number of morpholine rings is 1. The smallest absolute Gasteiger partial charge is 0.379 e. The molecule has 0 radical (unpaired) electrons. The maximum absolute atomic E-state index is 12.2. The maximum atomic E-state index is 12.2. The zero-order valence-electron chi connectivity index (χ0n) is 11.8. The van der Waals surface area contributed by atoms with Gasteiger partial charge in [-0.25, -0.2) is 4.79 Å². The lowest BCUT2D eigenvalue weighted by Crippen LogP contribution is -2.37. The molecule has 0 saturated carbocycles. The first-order chi connectivity index (χ1) is 9.63. The third-order valence-corrected chi connectivity index (χ3v) is 3.21. The fourth-order valence-corrected chi connectivity index (χ4v) is 2.21. The number of ketones is 1. The van der Waals surface area contributed by atoms with Gasteiger partial charge in [0.2, 0.25) is 0 Å². The Kier molecular flexibility index (Phi) is 4.74. The van der Waals surface area contributed by atoms with Crippen LogP contribution in [0.3, 0.4) is 0 Å². The monoisotopic (exact) mass is 277 g/mol. The zero-order valence-corrected chi connectivity index (χ0v) is 11.8. The van der Waals surface area contributed by atoms with Crippen molar-refractivity contribution in [2.24, 2.45) is 0 Å². The van der Waals surface area contributed by atoms with Gasteiger partial charge in [-0.2, -0.15) is 0 Å². The topological polar surface area (TPSA) is 55.8 Å². The quantitative estimate of drug-likeness (QED) is 0.475. The van der Waals surface area contributed by atoms with E-state index >= 15 is 0 Å². The first-order valence-corrected chi connectivity index (χ1v) is 6.78. The molecule has 1 aromatic rings. The van der Waals surface area contributed by atoms with Gasteiger partial charge < -0.3 is 14.4 Å². The van der Waals surface area contributed by atoms with Crippen molar-refractivity contribution < 1.29 is 19.1 Å². The van der Waals surface area contributed by atoms with Gasteiger partial charge in [0.15, 0.2) is 0 Å². The number of Topliss-reactive ketones (excluding diaryl/α,β-unsaturated/α-hetero) is 1. The van der Waals surface area contributed by atoms with Crippen molar-refractivity contribution in [1.82, 2.24) is 0 Å². The SMILES string of the molecule is CCOC(=O)C(=O)c1ccc(C)cc1N1CCOCC1. The normalized spacial score (nSPS) is 15.0. The van der Waals surface area contributed by atoms with Crippen LogP contribution in [0.15, 0.2) is 18.2 Å². The minimum absolute atomic E-state index is 0.198. The summed E-state index contributed by atoms with van der Waals surface area (Å²) in [5.41, 5.74) is 2.23. The summed E-state index contributed by atoms with van der Waals surface area (Å²) < 4.78 is 10.1. The molecule has 5 nitrogen and oxygen atoms in total. The average Bonchev–Trinajstić information content (AvgIpc) is 2.47. The number of rotatable bonds is 4. The Morgan fingerprint density at radius 1 is 1.30 bits per heavy atom. The van der Waals surface area contributed by atoms with Crippen molar-refractivity contribution in [3.63, 3.8) is 0 Å². The summed E-state index contributed by atoms with van der Waals surface area (Å²) in [7, 11) is 0. The second-order valence-corrected chi connectivity index (χ2v) is 4.67. The standard InChI is InChI=1S/C15H19NO4/c1-3-20-15(18)14(17)12-5-4-11(2)10-13(12)16-6-8-19-9-7-16/h4-5,10H,3,6-9H2,1-2H3. The van der Waals surface area contributed by atoms with Crippen molar-refractivity contribution >= 4 is 17.4 Å². The van der Waals surface area contributed by atoms with E-state index in [1.54, 1.807) is 13.0 Å². The summed E-state index contributed by atoms with van der Waals surface area (Å²) in [4.78, 5) is 25.9. The number of ether oxygens (including phenoxy) is 2. The Morgan fingerprint density at radius 3 is 2.65 bits per heavy atom. The second-order valence-electron chi connectivity index (χ2n) is 4.67. The highest BCUT2D eigenvalue weighted by atomic mass is 16.5. The van der Waals surface area contributed by atoms with E-state index in [1.165, 1.54) is 0 Å². The van der Waals surface area contributed by atoms with Crippen LogP contribution in [0, 0.1) is 6.92 Å². The summed E-state index contributed by atoms with van der Waals surface area (Å²) in [6, 6.07) is 5.45. The lowest BCUT2D eigenvalue weighted by atomic mass is 10.0. The van der Waals surface area contributed by atoms with Gasteiger partial charge in [0.1, 0.15) is 0 Å². The van der Waals surface area contributed by atoms with E-state index in [2.05, 4.69) is 4.90 Å². The summed E-state index contributed by atoms with van der Waals surface area (Å²) in [6.45, 7) is 6.52. The number of aryl methyl sites for hydroxylation is 1. The van der Waals surface area contributed by atoms with Gasteiger partial charge in [0.05, 0.1) is 25.4 Å². The molecule has 0 spiro atoms. The van der Waals surface area contributed by atoms with Gasteiger partial charge in [-0.05, 0) is 31.5 Å². The van der Waals surface area contributed by atoms with Crippen LogP contribution in [0.25, 0.3) is 0 Å². The molecule has 1 fully saturated rings. The molecule has 108 valence electrons. The fraction of sp³-hybridized carbons (Fsp3) is 0.467. The Hall–Kier alpha value is -1.88. The van der Waals surface area contributed by atoms with Crippen LogP contribution in [0.2, 0.25) is 0 Å². The van der Waals surface area contributed by atoms with Crippen LogP contribution in [0.1, 0.15) is 22.8 Å². The Bertz CT molecular complexity index is 507. The van der Waals surface area contributed by atoms with E-state index < -0.39 is 11.8 Å². The minimum Gasteiger partial charge on any atom is -0.460 e. The predicted octanol–water partition coefficient (Wildman–Crippen LogP) is 1.58. The van der Waals surface area contributed by atoms with E-state index in [-0.39, 0.29) is 6.61 Å². The third kappa shape index (κ3) is 3.17. The third-order valence-electron chi connectivity index (χ3n) is 3.21. The molecular formula is C15H19NO4. The molecule has 0 unspecified atom stereocenters. The molecule has 0 amide bonds. The molecule has 1 aliphatic rings. The van der Waals surface area contributed by atoms with E-state index in [9.17, 15) is 9.59 Å². The number of hydrogen-bond donors (Lipinski definition) is 0. The highest BCUT2D eigenvalue weighted by Gasteiger charge is 2.24. The summed E-state index contributed by atoms with van der Waals surface area (Å²) >= 11 is 0. The fourth-order valence-electron chi connectivity index (χ4n) is 2.21. The molecule has 1 aliphatic heterocycles. The van der Waals surface area contributed by atoms with Crippen LogP contribution in [-0.2, 0) is 14.3 Å². The Balaban J connectivity index is 2.32. The van der Waals surface area contributed by atoms with Gasteiger partial charge in [0.25, 0.3) is 5.78 Å². The predicted molar refractivity (Wildman–Crippen MR) is 75.2 cm³/mol. The van der Waals surface area contributed by atoms with Gasteiger partial charge in [-0.15, -0.1) is 0 Å². The molecule has 0 bridgehead atoms. The zero-order chi connectivity index (χ0) is 14.5. The lowest BCUT2D eigenvalue weighted by Gasteiger charge is -2.30. The number of nitrogens with zero attached hydrogens (tertiary/aromatic N) is 1. The van der Waals surface area contributed by atoms with Crippen LogP contribution >= 0.6 is 0 Å². The Labute approximate surface area is 118 Å². The summed E-state index contributed by atoms with van der Waals surface area (Å²) in [6.07, 6.45) is 0. The first-order valence-electron chi connectivity index (χ1n) is 6.78. The molecule has 5 heteroatoms. The van der Waals surface area contributed by atoms with Crippen LogP contribution in [-0.4, -0.2) is 44.7 Å². The molecule has 20 heavy (non-hydrogen) atoms. The van der Waals surface area contributed by atoms with E-state index in [4.69, 9.17) is 9.47 Å². The van der Waals surface area contributed by atoms with Crippen LogP contribution in [0.4, 0.5) is 5.69 Å². The molecule has 1 aromatic carbocycles. The van der Waals surface area contributed by atoms with Crippen molar-refractivity contribution in [3.05, 3.63) is 29.3 Å². The number of carbonyl (C=O) groups is 2. The lowest BCUT2D eigenvalue weighted by molar-refractivity contribution is -0.137. The number of benzene rings is 1. The number of anilines is 1. The van der Waals surface area contributed by atoms with Gasteiger partial charge >= 0.3 is 5.97 Å². The molecule has 1 heterocycles. The Morgan fingerprint density at radius 2 is 2.00 bits per heavy atom. The molecule has 0 atom stereocenters. The van der Waals surface area contributed by atoms with E-state index in [1.807, 2.05) is 19.1 Å². The van der Waals surface area contributed by atoms with E-state index in [0.29, 0.717) is 31.9 Å². The first kappa shape index (κ1) is 14.5. The molecular weight excluding hydrogens is 258 g/mol. The molecule has 2 rings (SSSR count). The maximum Gasteiger partial charge on any atom is 0.379 e. The average molecular weight is 277 g/mol. The number of hydrogen-bond acceptors (Lipinski definition) is 5. The number of carbonyl (C=O) groups excluding carboxylic acids is 2. The number of esters is 1. The van der Waals surface area contributed by atoms with E-state index in [0.717, 1.165) is 11.3 Å². The van der Waals surface area contributed by atoms with Gasteiger partial charge in [-0.1, -0.05) is 6.07 Å². The van der Waals surface area contributed by atoms with Gasteiger partial charge in [0, 0.05) is 18.8 Å². The van der Waals surface area contributed by atoms with Crippen molar-refractivity contribution in [3.8, 4) is 0 Å². The van der Waals surface area contributed by atoms with Crippen LogP contribution < -0.4 is 4.90 Å².